The lowest BCUT2D eigenvalue weighted by atomic mass is 10.0. The van der Waals surface area contributed by atoms with E-state index < -0.39 is 10.0 Å². The molecule has 0 saturated carbocycles. The summed E-state index contributed by atoms with van der Waals surface area (Å²) in [5, 5.41) is 4.60. The van der Waals surface area contributed by atoms with E-state index in [1.807, 2.05) is 38.1 Å². The number of piperazine rings is 1. The molecule has 0 unspecified atom stereocenters. The monoisotopic (exact) mass is 490 g/mol. The van der Waals surface area contributed by atoms with Gasteiger partial charge in [0, 0.05) is 31.7 Å². The highest BCUT2D eigenvalue weighted by atomic mass is 32.2. The van der Waals surface area contributed by atoms with E-state index in [1.165, 1.54) is 4.31 Å². The second kappa shape index (κ2) is 8.90. The maximum atomic E-state index is 13.6. The molecule has 8 nitrogen and oxygen atoms in total. The first-order chi connectivity index (χ1) is 16.7. The van der Waals surface area contributed by atoms with Crippen molar-refractivity contribution >= 4 is 27.0 Å². The Kier molecular flexibility index (Phi) is 5.90. The van der Waals surface area contributed by atoms with Crippen LogP contribution >= 0.6 is 0 Å². The number of aromatic nitrogens is 2. The Morgan fingerprint density at radius 2 is 1.49 bits per heavy atom. The van der Waals surface area contributed by atoms with Crippen LogP contribution in [-0.2, 0) is 10.0 Å². The Labute approximate surface area is 204 Å². The number of carbonyl (C=O) groups is 1. The highest BCUT2D eigenvalue weighted by Gasteiger charge is 2.31. The molecule has 0 radical (unpaired) electrons. The van der Waals surface area contributed by atoms with Crippen LogP contribution in [0.2, 0.25) is 0 Å². The van der Waals surface area contributed by atoms with Crippen molar-refractivity contribution in [3.63, 3.8) is 0 Å². The number of rotatable bonds is 4. The SMILES string of the molecule is Cc1ccc(-c2cc(C(=O)N3CCN(S(=O)(=O)c4ccc(C)cc4)CC3)c3c(C)noc3n2)cc1. The number of sulfonamides is 1. The van der Waals surface area contributed by atoms with Crippen LogP contribution in [-0.4, -0.2) is 59.8 Å². The number of benzene rings is 2. The van der Waals surface area contributed by atoms with E-state index in [0.29, 0.717) is 28.1 Å². The summed E-state index contributed by atoms with van der Waals surface area (Å²) in [5.41, 5.74) is 4.97. The van der Waals surface area contributed by atoms with Gasteiger partial charge in [-0.1, -0.05) is 52.7 Å². The van der Waals surface area contributed by atoms with Gasteiger partial charge in [0.15, 0.2) is 0 Å². The van der Waals surface area contributed by atoms with Crippen molar-refractivity contribution in [2.24, 2.45) is 0 Å². The van der Waals surface area contributed by atoms with Gasteiger partial charge in [-0.15, -0.1) is 0 Å². The van der Waals surface area contributed by atoms with Gasteiger partial charge in [-0.2, -0.15) is 4.31 Å². The Morgan fingerprint density at radius 1 is 0.886 bits per heavy atom. The molecule has 0 aliphatic carbocycles. The molecule has 1 saturated heterocycles. The van der Waals surface area contributed by atoms with Crippen molar-refractivity contribution in [1.29, 1.82) is 0 Å². The molecule has 0 bridgehead atoms. The summed E-state index contributed by atoms with van der Waals surface area (Å²) in [7, 11) is -3.61. The molecule has 0 atom stereocenters. The number of carbonyl (C=O) groups excluding carboxylic acids is 1. The molecule has 0 N–H and O–H groups in total. The lowest BCUT2D eigenvalue weighted by Gasteiger charge is -2.34. The molecular formula is C26H26N4O4S. The van der Waals surface area contributed by atoms with Crippen LogP contribution in [0.3, 0.4) is 0 Å². The van der Waals surface area contributed by atoms with E-state index in [-0.39, 0.29) is 37.0 Å². The van der Waals surface area contributed by atoms with Crippen LogP contribution in [0.4, 0.5) is 0 Å². The van der Waals surface area contributed by atoms with E-state index in [4.69, 9.17) is 4.52 Å². The van der Waals surface area contributed by atoms with E-state index >= 15 is 0 Å². The lowest BCUT2D eigenvalue weighted by Crippen LogP contribution is -2.50. The Morgan fingerprint density at radius 3 is 2.11 bits per heavy atom. The third kappa shape index (κ3) is 4.33. The third-order valence-corrected chi connectivity index (χ3v) is 8.29. The maximum absolute atomic E-state index is 13.6. The van der Waals surface area contributed by atoms with Crippen LogP contribution in [0.1, 0.15) is 27.2 Å². The summed E-state index contributed by atoms with van der Waals surface area (Å²) < 4.78 is 32.9. The summed E-state index contributed by atoms with van der Waals surface area (Å²) in [6, 6.07) is 16.5. The number of fused-ring (bicyclic) bond motifs is 1. The minimum Gasteiger partial charge on any atom is -0.336 e. The molecule has 9 heteroatoms. The number of amides is 1. The molecule has 2 aromatic heterocycles. The van der Waals surface area contributed by atoms with Gasteiger partial charge in [0.1, 0.15) is 0 Å². The maximum Gasteiger partial charge on any atom is 0.259 e. The highest BCUT2D eigenvalue weighted by Crippen LogP contribution is 2.29. The first-order valence-electron chi connectivity index (χ1n) is 11.4. The van der Waals surface area contributed by atoms with Crippen LogP contribution in [0, 0.1) is 20.8 Å². The third-order valence-electron chi connectivity index (χ3n) is 6.38. The smallest absolute Gasteiger partial charge is 0.259 e. The second-order valence-electron chi connectivity index (χ2n) is 8.88. The van der Waals surface area contributed by atoms with Gasteiger partial charge >= 0.3 is 0 Å². The predicted molar refractivity (Wildman–Crippen MR) is 133 cm³/mol. The molecule has 5 rings (SSSR count). The van der Waals surface area contributed by atoms with Crippen molar-refractivity contribution < 1.29 is 17.7 Å². The first-order valence-corrected chi connectivity index (χ1v) is 12.9. The molecule has 1 aliphatic rings. The minimum absolute atomic E-state index is 0.190. The van der Waals surface area contributed by atoms with E-state index in [2.05, 4.69) is 10.1 Å². The number of nitrogens with zero attached hydrogens (tertiary/aromatic N) is 4. The van der Waals surface area contributed by atoms with Crippen molar-refractivity contribution in [3.05, 3.63) is 77.0 Å². The predicted octanol–water partition coefficient (Wildman–Crippen LogP) is 3.96. The molecule has 2 aromatic carbocycles. The standard InChI is InChI=1S/C26H26N4O4S/c1-17-4-8-20(9-5-17)23-16-22(24-19(3)28-34-25(24)27-23)26(31)29-12-14-30(15-13-29)35(32,33)21-10-6-18(2)7-11-21/h4-11,16H,12-15H2,1-3H3. The van der Waals surface area contributed by atoms with Gasteiger partial charge in [0.2, 0.25) is 10.0 Å². The first kappa shape index (κ1) is 23.2. The fourth-order valence-corrected chi connectivity index (χ4v) is 5.72. The molecule has 1 fully saturated rings. The van der Waals surface area contributed by atoms with Crippen LogP contribution in [0.15, 0.2) is 64.0 Å². The van der Waals surface area contributed by atoms with Crippen LogP contribution in [0.25, 0.3) is 22.4 Å². The van der Waals surface area contributed by atoms with Crippen LogP contribution in [0.5, 0.6) is 0 Å². The summed E-state index contributed by atoms with van der Waals surface area (Å²) in [4.78, 5) is 20.2. The molecule has 3 heterocycles. The minimum atomic E-state index is -3.61. The van der Waals surface area contributed by atoms with E-state index in [0.717, 1.165) is 16.7 Å². The van der Waals surface area contributed by atoms with E-state index in [1.54, 1.807) is 42.2 Å². The highest BCUT2D eigenvalue weighted by molar-refractivity contribution is 7.89. The lowest BCUT2D eigenvalue weighted by molar-refractivity contribution is 0.0699. The molecule has 180 valence electrons. The number of hydrogen-bond acceptors (Lipinski definition) is 6. The Bertz CT molecular complexity index is 1500. The second-order valence-corrected chi connectivity index (χ2v) is 10.8. The summed E-state index contributed by atoms with van der Waals surface area (Å²) >= 11 is 0. The van der Waals surface area contributed by atoms with Crippen molar-refractivity contribution in [3.8, 4) is 11.3 Å². The fourth-order valence-electron chi connectivity index (χ4n) is 4.30. The largest absolute Gasteiger partial charge is 0.336 e. The Hall–Kier alpha value is -3.56. The summed E-state index contributed by atoms with van der Waals surface area (Å²) in [5.74, 6) is -0.190. The van der Waals surface area contributed by atoms with Crippen molar-refractivity contribution in [1.82, 2.24) is 19.3 Å². The normalized spacial score (nSPS) is 15.0. The van der Waals surface area contributed by atoms with Crippen molar-refractivity contribution in [2.75, 3.05) is 26.2 Å². The zero-order valence-electron chi connectivity index (χ0n) is 19.9. The van der Waals surface area contributed by atoms with Crippen LogP contribution < -0.4 is 0 Å². The number of aryl methyl sites for hydroxylation is 3. The fraction of sp³-hybridized carbons (Fsp3) is 0.269. The quantitative estimate of drug-likeness (QED) is 0.430. The van der Waals surface area contributed by atoms with Gasteiger partial charge in [-0.25, -0.2) is 13.4 Å². The number of pyridine rings is 1. The van der Waals surface area contributed by atoms with E-state index in [9.17, 15) is 13.2 Å². The summed E-state index contributed by atoms with van der Waals surface area (Å²) in [6.45, 7) is 6.73. The van der Waals surface area contributed by atoms with Gasteiger partial charge in [-0.3, -0.25) is 4.79 Å². The molecule has 0 spiro atoms. The van der Waals surface area contributed by atoms with Gasteiger partial charge < -0.3 is 9.42 Å². The Balaban J connectivity index is 1.41. The zero-order chi connectivity index (χ0) is 24.7. The van der Waals surface area contributed by atoms with Gasteiger partial charge in [0.25, 0.3) is 11.6 Å². The molecule has 1 amide bonds. The number of hydrogen-bond donors (Lipinski definition) is 0. The van der Waals surface area contributed by atoms with Crippen molar-refractivity contribution in [2.45, 2.75) is 25.7 Å². The van der Waals surface area contributed by atoms with Gasteiger partial charge in [0.05, 0.1) is 27.2 Å². The topological polar surface area (TPSA) is 96.6 Å². The molecule has 1 aliphatic heterocycles. The molecule has 4 aromatic rings. The molecular weight excluding hydrogens is 464 g/mol. The molecule has 35 heavy (non-hydrogen) atoms. The average molecular weight is 491 g/mol. The average Bonchev–Trinajstić information content (AvgIpc) is 3.24. The zero-order valence-corrected chi connectivity index (χ0v) is 20.7. The van der Waals surface area contributed by atoms with Gasteiger partial charge in [-0.05, 0) is 39.0 Å². The summed E-state index contributed by atoms with van der Waals surface area (Å²) in [6.07, 6.45) is 0.